The standard InChI is InChI=1S/C98H58N8/c1-2-24-65-64(23-1)67-26-4-7-33-74(67)98-100-81-58-62(50-54-91(81)105(98)85-41-18-9-28-69(65)85)102-83-39-16-11-30-71(83)78-56-60(48-52-88(78)102)101-82-38-15-10-29-70(82)77-55-59(47-51-87(77)101)63-36-21-44-92-95(63)76-35-13-19-42-86(76)103(92)61-49-53-89-79(57-61)72-31-12-17-40-84(72)104(89)93-45-22-46-94-96(93)73-32-6-3-25-66(73)68-27-5-8-34-75(68)97-99-80-37-14-20-43-90(80)106(94)97/h1-58H. The highest BCUT2D eigenvalue weighted by molar-refractivity contribution is 6.19. The molecule has 8 heteroatoms. The Morgan fingerprint density at radius 1 is 0.179 bits per heavy atom. The largest absolute Gasteiger partial charge is 0.309 e. The zero-order chi connectivity index (χ0) is 69.0. The van der Waals surface area contributed by atoms with E-state index in [-0.39, 0.29) is 0 Å². The third-order valence-electron chi connectivity index (χ3n) is 22.9. The van der Waals surface area contributed by atoms with Crippen LogP contribution in [0.3, 0.4) is 0 Å². The predicted octanol–water partition coefficient (Wildman–Crippen LogP) is 25.0. The van der Waals surface area contributed by atoms with E-state index in [9.17, 15) is 0 Å². The third kappa shape index (κ3) is 7.85. The van der Waals surface area contributed by atoms with Gasteiger partial charge in [-0.25, -0.2) is 9.97 Å². The quantitative estimate of drug-likeness (QED) is 0.172. The van der Waals surface area contributed by atoms with Crippen molar-refractivity contribution >= 4 is 109 Å². The van der Waals surface area contributed by atoms with Crippen LogP contribution in [0.2, 0.25) is 0 Å². The predicted molar refractivity (Wildman–Crippen MR) is 438 cm³/mol. The van der Waals surface area contributed by atoms with E-state index in [1.54, 1.807) is 0 Å². The second-order valence-electron chi connectivity index (χ2n) is 28.3. The number of rotatable bonds is 5. The first-order chi connectivity index (χ1) is 52.6. The van der Waals surface area contributed by atoms with Gasteiger partial charge in [-0.1, -0.05) is 224 Å². The fraction of sp³-hybridized carbons (Fsp3) is 0. The van der Waals surface area contributed by atoms with Crippen molar-refractivity contribution in [2.24, 2.45) is 0 Å². The topological polar surface area (TPSA) is 55.4 Å². The van der Waals surface area contributed by atoms with Gasteiger partial charge < -0.3 is 18.3 Å². The van der Waals surface area contributed by atoms with Crippen molar-refractivity contribution < 1.29 is 0 Å². The van der Waals surface area contributed by atoms with E-state index in [4.69, 9.17) is 9.97 Å². The molecular weight excluding hydrogens is 1290 g/mol. The molecule has 106 heavy (non-hydrogen) atoms. The molecule has 2 aliphatic heterocycles. The van der Waals surface area contributed by atoms with Crippen LogP contribution < -0.4 is 0 Å². The summed E-state index contributed by atoms with van der Waals surface area (Å²) in [6.07, 6.45) is 0. The van der Waals surface area contributed by atoms with Crippen LogP contribution in [-0.4, -0.2) is 37.4 Å². The number of para-hydroxylation sites is 7. The van der Waals surface area contributed by atoms with Gasteiger partial charge in [-0.05, 0) is 172 Å². The van der Waals surface area contributed by atoms with Gasteiger partial charge in [0.25, 0.3) is 0 Å². The molecule has 0 N–H and O–H groups in total. The van der Waals surface area contributed by atoms with E-state index >= 15 is 0 Å². The number of nitrogens with zero attached hydrogens (tertiary/aromatic N) is 8. The molecule has 2 aliphatic rings. The molecule has 0 unspecified atom stereocenters. The van der Waals surface area contributed by atoms with Crippen LogP contribution in [0.15, 0.2) is 352 Å². The summed E-state index contributed by atoms with van der Waals surface area (Å²) < 4.78 is 14.6. The lowest BCUT2D eigenvalue weighted by atomic mass is 9.88. The third-order valence-corrected chi connectivity index (χ3v) is 22.9. The van der Waals surface area contributed by atoms with Gasteiger partial charge >= 0.3 is 0 Å². The molecule has 0 bridgehead atoms. The molecule has 0 amide bonds. The molecule has 0 saturated heterocycles. The summed E-state index contributed by atoms with van der Waals surface area (Å²) in [5.41, 5.74) is 33.8. The van der Waals surface area contributed by atoms with E-state index in [2.05, 4.69) is 379 Å². The first-order valence-electron chi connectivity index (χ1n) is 36.4. The van der Waals surface area contributed by atoms with Gasteiger partial charge in [0.1, 0.15) is 11.6 Å². The molecule has 490 valence electrons. The smallest absolute Gasteiger partial charge is 0.146 e. The normalized spacial score (nSPS) is 12.3. The molecule has 0 spiro atoms. The Hall–Kier alpha value is -14.3. The van der Waals surface area contributed by atoms with Crippen molar-refractivity contribution in [1.82, 2.24) is 37.4 Å². The van der Waals surface area contributed by atoms with Gasteiger partial charge in [0.15, 0.2) is 0 Å². The van der Waals surface area contributed by atoms with Crippen LogP contribution in [-0.2, 0) is 0 Å². The number of hydrogen-bond acceptors (Lipinski definition) is 2. The number of imidazole rings is 2. The van der Waals surface area contributed by atoms with Crippen LogP contribution in [0.4, 0.5) is 0 Å². The van der Waals surface area contributed by atoms with Gasteiger partial charge in [-0.15, -0.1) is 0 Å². The zero-order valence-corrected chi connectivity index (χ0v) is 57.1. The van der Waals surface area contributed by atoms with E-state index in [0.29, 0.717) is 0 Å². The summed E-state index contributed by atoms with van der Waals surface area (Å²) in [4.78, 5) is 11.0. The number of aromatic nitrogens is 8. The Morgan fingerprint density at radius 3 is 1.15 bits per heavy atom. The fourth-order valence-corrected chi connectivity index (χ4v) is 18.6. The number of fused-ring (bicyclic) bond motifs is 32. The molecule has 22 aromatic rings. The minimum atomic E-state index is 0.933. The molecule has 0 saturated carbocycles. The summed E-state index contributed by atoms with van der Waals surface area (Å²) in [6, 6.07) is 130. The summed E-state index contributed by atoms with van der Waals surface area (Å²) >= 11 is 0. The monoisotopic (exact) mass is 1350 g/mol. The Bertz CT molecular complexity index is 7600. The van der Waals surface area contributed by atoms with Crippen molar-refractivity contribution in [3.05, 3.63) is 352 Å². The highest BCUT2D eigenvalue weighted by Crippen LogP contribution is 2.51. The minimum absolute atomic E-state index is 0.933. The van der Waals surface area contributed by atoms with Crippen molar-refractivity contribution in [2.45, 2.75) is 0 Å². The molecule has 0 atom stereocenters. The lowest BCUT2D eigenvalue weighted by molar-refractivity contribution is 1.09. The summed E-state index contributed by atoms with van der Waals surface area (Å²) in [5, 5.41) is 9.58. The first-order valence-corrected chi connectivity index (χ1v) is 36.4. The van der Waals surface area contributed by atoms with Crippen LogP contribution in [0.5, 0.6) is 0 Å². The fourth-order valence-electron chi connectivity index (χ4n) is 18.6. The van der Waals surface area contributed by atoms with E-state index in [1.807, 2.05) is 0 Å². The Morgan fingerprint density at radius 2 is 0.528 bits per heavy atom. The molecule has 8 nitrogen and oxygen atoms in total. The van der Waals surface area contributed by atoms with Gasteiger partial charge in [-0.3, -0.25) is 9.13 Å². The van der Waals surface area contributed by atoms with Gasteiger partial charge in [0, 0.05) is 82.4 Å². The van der Waals surface area contributed by atoms with Gasteiger partial charge in [0.05, 0.1) is 83.3 Å². The second kappa shape index (κ2) is 21.6. The lowest BCUT2D eigenvalue weighted by Crippen LogP contribution is -2.08. The maximum Gasteiger partial charge on any atom is 0.146 e. The summed E-state index contributed by atoms with van der Waals surface area (Å²) in [7, 11) is 0. The van der Waals surface area contributed by atoms with Crippen molar-refractivity contribution in [3.63, 3.8) is 0 Å². The summed E-state index contributed by atoms with van der Waals surface area (Å²) in [6.45, 7) is 0. The molecule has 24 rings (SSSR count). The van der Waals surface area contributed by atoms with Crippen molar-refractivity contribution in [1.29, 1.82) is 0 Å². The summed E-state index contributed by atoms with van der Waals surface area (Å²) in [5.74, 6) is 1.87. The average molecular weight is 1350 g/mol. The highest BCUT2D eigenvalue weighted by Gasteiger charge is 2.31. The molecule has 16 aromatic carbocycles. The maximum atomic E-state index is 5.57. The Kier molecular flexibility index (Phi) is 11.7. The SMILES string of the molecule is c1ccc2c(c1)-c1ccccc1-c1nc3cc(-n4c5ccccc5c5cc(-n6c7ccccc7c7cc(-c8cccc9c8c8ccccc8n9-c8ccc9c(c8)c8ccccc8n9-c8cccc9c8-c8ccccc8-c8ccccc8-c8nc%10ccccc%10n8-9)ccc76)ccc54)ccc3n1-c1ccccc1-2. The average Bonchev–Trinajstić information content (AvgIpc) is 1.50. The van der Waals surface area contributed by atoms with Gasteiger partial charge in [0.2, 0.25) is 0 Å². The Balaban J connectivity index is 0.636. The molecule has 6 aromatic heterocycles. The van der Waals surface area contributed by atoms with E-state index in [1.165, 1.54) is 87.6 Å². The molecule has 0 fully saturated rings. The van der Waals surface area contributed by atoms with Crippen LogP contribution in [0.1, 0.15) is 0 Å². The van der Waals surface area contributed by atoms with E-state index in [0.717, 1.165) is 134 Å². The molecule has 8 heterocycles. The molecule has 0 radical (unpaired) electrons. The maximum absolute atomic E-state index is 5.57. The van der Waals surface area contributed by atoms with Crippen LogP contribution in [0, 0.1) is 0 Å². The van der Waals surface area contributed by atoms with E-state index < -0.39 is 0 Å². The minimum Gasteiger partial charge on any atom is -0.309 e. The zero-order valence-electron chi connectivity index (χ0n) is 57.1. The second-order valence-corrected chi connectivity index (χ2v) is 28.3. The van der Waals surface area contributed by atoms with Crippen LogP contribution >= 0.6 is 0 Å². The lowest BCUT2D eigenvalue weighted by Gasteiger charge is -2.25. The first kappa shape index (κ1) is 57.3. The number of benzene rings is 16. The Labute approximate surface area is 607 Å². The number of hydrogen-bond donors (Lipinski definition) is 0. The molecule has 0 aliphatic carbocycles. The van der Waals surface area contributed by atoms with Crippen LogP contribution in [0.25, 0.3) is 222 Å². The van der Waals surface area contributed by atoms with Crippen molar-refractivity contribution in [3.8, 4) is 113 Å². The molecular formula is C98H58N8. The van der Waals surface area contributed by atoms with Crippen molar-refractivity contribution in [2.75, 3.05) is 0 Å². The highest BCUT2D eigenvalue weighted by atomic mass is 15.1. The van der Waals surface area contributed by atoms with Gasteiger partial charge in [-0.2, -0.15) is 0 Å².